The van der Waals surface area contributed by atoms with Crippen LogP contribution in [0.4, 0.5) is 0 Å². The van der Waals surface area contributed by atoms with Gasteiger partial charge in [-0.1, -0.05) is 6.08 Å². The summed E-state index contributed by atoms with van der Waals surface area (Å²) < 4.78 is 42.3. The van der Waals surface area contributed by atoms with Gasteiger partial charge in [0.1, 0.15) is 0 Å². The molecule has 1 nitrogen and oxygen atoms in total. The molecule has 0 saturated carbocycles. The molecule has 1 heteroatoms. The monoisotopic (exact) mass is 105 g/mol. The first-order valence-electron chi connectivity index (χ1n) is 4.96. The van der Waals surface area contributed by atoms with Crippen LogP contribution in [0.15, 0.2) is 12.7 Å². The van der Waals surface area contributed by atoms with Crippen LogP contribution in [0.2, 0.25) is 0 Å². The average Bonchev–Trinajstić information content (AvgIpc) is 1.82. The predicted octanol–water partition coefficient (Wildman–Crippen LogP) is 1.30. The molecule has 0 rings (SSSR count). The second-order valence-corrected chi connectivity index (χ2v) is 1.46. The molecule has 7 heavy (non-hydrogen) atoms. The van der Waals surface area contributed by atoms with Crippen molar-refractivity contribution in [1.29, 1.82) is 0 Å². The minimum atomic E-state index is -2.72. The molecule has 0 aliphatic rings. The highest BCUT2D eigenvalue weighted by Gasteiger charge is 2.05. The molecular weight excluding hydrogens is 86.1 g/mol. The average molecular weight is 105 g/mol. The quantitative estimate of drug-likeness (QED) is 0.526. The maximum atomic E-state index is 7.05. The molecule has 0 saturated heterocycles. The largest absolute Gasteiger partial charge is 0.325 e. The molecule has 0 aromatic carbocycles. The summed E-state index contributed by atoms with van der Waals surface area (Å²) in [6, 6.07) is 0. The van der Waals surface area contributed by atoms with E-state index in [4.69, 9.17) is 14.0 Å². The van der Waals surface area contributed by atoms with E-state index in [0.29, 0.717) is 0 Å². The van der Waals surface area contributed by atoms with Gasteiger partial charge in [0.05, 0.1) is 0 Å². The van der Waals surface area contributed by atoms with E-state index in [0.717, 1.165) is 0 Å². The molecule has 0 heterocycles. The van der Waals surface area contributed by atoms with Gasteiger partial charge in [-0.15, -0.1) is 6.58 Å². The molecule has 0 unspecified atom stereocenters. The number of hydrogen-bond acceptors (Lipinski definition) is 1. The fourth-order valence-corrected chi connectivity index (χ4v) is 0.228. The fourth-order valence-electron chi connectivity index (χ4n) is 0.228. The van der Waals surface area contributed by atoms with E-state index >= 15 is 0 Å². The second kappa shape index (κ2) is 2.12. The number of nitrogens with two attached hydrogens (primary N) is 1. The summed E-state index contributed by atoms with van der Waals surface area (Å²) in [5.74, 6) is 0. The van der Waals surface area contributed by atoms with Gasteiger partial charge in [0.25, 0.3) is 0 Å². The van der Waals surface area contributed by atoms with E-state index in [9.17, 15) is 0 Å². The van der Waals surface area contributed by atoms with Crippen molar-refractivity contribution in [1.82, 2.24) is 0 Å². The Morgan fingerprint density at radius 2 is 2.57 bits per heavy atom. The molecule has 42 valence electrons. The smallest absolute Gasteiger partial charge is 0.0249 e. The van der Waals surface area contributed by atoms with E-state index in [-0.39, 0.29) is 6.42 Å². The lowest BCUT2D eigenvalue weighted by molar-refractivity contribution is 0.528. The molecule has 0 bridgehead atoms. The van der Waals surface area contributed by atoms with Gasteiger partial charge < -0.3 is 5.73 Å². The summed E-state index contributed by atoms with van der Waals surface area (Å²) >= 11 is 0. The summed E-state index contributed by atoms with van der Waals surface area (Å²) in [6.07, 6.45) is 0.943. The first-order valence-corrected chi connectivity index (χ1v) is 1.96. The van der Waals surface area contributed by atoms with Crippen LogP contribution in [0, 0.1) is 0 Å². The van der Waals surface area contributed by atoms with Crippen molar-refractivity contribution < 1.29 is 8.22 Å². The van der Waals surface area contributed by atoms with E-state index in [1.54, 1.807) is 0 Å². The second-order valence-electron chi connectivity index (χ2n) is 1.46. The molecule has 0 amide bonds. The van der Waals surface area contributed by atoms with Crippen LogP contribution in [0.5, 0.6) is 0 Å². The van der Waals surface area contributed by atoms with Crippen LogP contribution >= 0.6 is 0 Å². The van der Waals surface area contributed by atoms with Crippen molar-refractivity contribution in [2.24, 2.45) is 5.73 Å². The van der Waals surface area contributed by atoms with Crippen LogP contribution in [-0.2, 0) is 0 Å². The number of hydrogen-bond donors (Lipinski definition) is 1. The van der Waals surface area contributed by atoms with Crippen LogP contribution in [0.3, 0.4) is 0 Å². The van der Waals surface area contributed by atoms with Crippen molar-refractivity contribution in [3.63, 3.8) is 0 Å². The Morgan fingerprint density at radius 3 is 2.71 bits per heavy atom. The normalized spacial score (nSPS) is 27.6. The molecule has 0 radical (unpaired) electrons. The summed E-state index contributed by atoms with van der Waals surface area (Å²) in [5, 5.41) is 0. The molecule has 2 N–H and O–H groups in total. The van der Waals surface area contributed by atoms with Crippen LogP contribution < -0.4 is 5.73 Å². The molecule has 0 aromatic rings. The molecular formula is C6H13N. The highest BCUT2D eigenvalue weighted by molar-refractivity contribution is 4.82. The molecule has 0 atom stereocenters. The SMILES string of the molecule is [2H]C([2H])([2H])C(N)(CC=C)C([2H])([2H])[2H]. The Labute approximate surface area is 53.6 Å². The van der Waals surface area contributed by atoms with Gasteiger partial charge in [0.15, 0.2) is 0 Å². The van der Waals surface area contributed by atoms with E-state index in [1.807, 2.05) is 0 Å². The topological polar surface area (TPSA) is 26.0 Å². The zero-order chi connectivity index (χ0) is 10.9. The lowest BCUT2D eigenvalue weighted by atomic mass is 10.0. The minimum absolute atomic E-state index is 0.264. The van der Waals surface area contributed by atoms with Gasteiger partial charge in [-0.3, -0.25) is 0 Å². The van der Waals surface area contributed by atoms with Crippen LogP contribution in [0.25, 0.3) is 0 Å². The van der Waals surface area contributed by atoms with Gasteiger partial charge in [0.2, 0.25) is 0 Å². The van der Waals surface area contributed by atoms with Crippen molar-refractivity contribution in [3.8, 4) is 0 Å². The van der Waals surface area contributed by atoms with Gasteiger partial charge in [-0.2, -0.15) is 0 Å². The lowest BCUT2D eigenvalue weighted by Crippen LogP contribution is -2.30. The standard InChI is InChI=1S/C6H13N/c1-4-5-6(2,3)7/h4H,1,5,7H2,2-3H3/i2D3,3D3. The third-order valence-corrected chi connectivity index (χ3v) is 0.466. The Balaban J connectivity index is 5.07. The van der Waals surface area contributed by atoms with Crippen molar-refractivity contribution in [3.05, 3.63) is 12.7 Å². The minimum Gasteiger partial charge on any atom is -0.325 e. The zero-order valence-electron chi connectivity index (χ0n) is 10.1. The maximum Gasteiger partial charge on any atom is 0.0249 e. The Hall–Kier alpha value is -0.300. The van der Waals surface area contributed by atoms with Gasteiger partial charge in [0, 0.05) is 13.8 Å². The fraction of sp³-hybridized carbons (Fsp3) is 0.667. The molecule has 0 fully saturated rings. The zero-order valence-corrected chi connectivity index (χ0v) is 4.07. The van der Waals surface area contributed by atoms with E-state index in [1.165, 1.54) is 6.08 Å². The summed E-state index contributed by atoms with van der Waals surface area (Å²) in [4.78, 5) is 0. The first kappa shape index (κ1) is 1.59. The summed E-state index contributed by atoms with van der Waals surface area (Å²) in [5.41, 5.74) is 3.17. The van der Waals surface area contributed by atoms with Gasteiger partial charge >= 0.3 is 0 Å². The Morgan fingerprint density at radius 1 is 2.00 bits per heavy atom. The first-order chi connectivity index (χ1) is 5.56. The van der Waals surface area contributed by atoms with E-state index in [2.05, 4.69) is 6.58 Å². The molecule has 0 aromatic heterocycles. The highest BCUT2D eigenvalue weighted by atomic mass is 14.7. The molecule has 0 spiro atoms. The van der Waals surface area contributed by atoms with Gasteiger partial charge in [-0.05, 0) is 20.1 Å². The number of rotatable bonds is 2. The predicted molar refractivity (Wildman–Crippen MR) is 33.1 cm³/mol. The van der Waals surface area contributed by atoms with Gasteiger partial charge in [-0.25, -0.2) is 0 Å². The molecule has 0 aliphatic carbocycles. The van der Waals surface area contributed by atoms with Crippen LogP contribution in [-0.4, -0.2) is 5.54 Å². The Bertz CT molecular complexity index is 176. The van der Waals surface area contributed by atoms with Crippen LogP contribution in [0.1, 0.15) is 28.3 Å². The maximum absolute atomic E-state index is 7.05. The van der Waals surface area contributed by atoms with Crippen molar-refractivity contribution >= 4 is 0 Å². The lowest BCUT2D eigenvalue weighted by Gasteiger charge is -2.13. The highest BCUT2D eigenvalue weighted by Crippen LogP contribution is 2.01. The summed E-state index contributed by atoms with van der Waals surface area (Å²) in [7, 11) is 0. The Kier molecular flexibility index (Phi) is 0.482. The molecule has 0 aliphatic heterocycles. The van der Waals surface area contributed by atoms with E-state index < -0.39 is 19.2 Å². The van der Waals surface area contributed by atoms with Crippen molar-refractivity contribution in [2.75, 3.05) is 0 Å². The van der Waals surface area contributed by atoms with Crippen molar-refractivity contribution in [2.45, 2.75) is 25.7 Å². The summed E-state index contributed by atoms with van der Waals surface area (Å²) in [6.45, 7) is -2.14. The third kappa shape index (κ3) is 5.70. The third-order valence-electron chi connectivity index (χ3n) is 0.466.